The van der Waals surface area contributed by atoms with Gasteiger partial charge in [-0.1, -0.05) is 6.07 Å². The van der Waals surface area contributed by atoms with Crippen molar-refractivity contribution in [3.63, 3.8) is 0 Å². The summed E-state index contributed by atoms with van der Waals surface area (Å²) in [5, 5.41) is 2.73. The number of sulfonamides is 1. The van der Waals surface area contributed by atoms with Crippen molar-refractivity contribution in [2.45, 2.75) is 13.0 Å². The number of anilines is 1. The van der Waals surface area contributed by atoms with E-state index in [4.69, 9.17) is 9.47 Å². The van der Waals surface area contributed by atoms with E-state index in [-0.39, 0.29) is 32.2 Å². The van der Waals surface area contributed by atoms with Gasteiger partial charge in [-0.25, -0.2) is 8.42 Å². The van der Waals surface area contributed by atoms with Crippen LogP contribution in [0.4, 0.5) is 5.69 Å². The third-order valence-corrected chi connectivity index (χ3v) is 5.05. The molecule has 1 aliphatic rings. The highest BCUT2D eigenvalue weighted by molar-refractivity contribution is 7.88. The molecular formula is C17H19N3O5S. The number of nitrogens with zero attached hydrogens (tertiary/aromatic N) is 2. The molecule has 1 N–H and O–H groups in total. The van der Waals surface area contributed by atoms with Gasteiger partial charge in [0.15, 0.2) is 11.5 Å². The molecule has 0 unspecified atom stereocenters. The van der Waals surface area contributed by atoms with Crippen LogP contribution in [0.5, 0.6) is 11.5 Å². The number of benzene rings is 1. The van der Waals surface area contributed by atoms with Crippen molar-refractivity contribution >= 4 is 21.6 Å². The van der Waals surface area contributed by atoms with E-state index in [1.807, 2.05) is 0 Å². The number of carbonyl (C=O) groups is 1. The van der Waals surface area contributed by atoms with Crippen LogP contribution >= 0.6 is 0 Å². The third-order valence-electron chi connectivity index (χ3n) is 3.80. The predicted octanol–water partition coefficient (Wildman–Crippen LogP) is 1.60. The molecule has 1 aromatic carbocycles. The van der Waals surface area contributed by atoms with Crippen molar-refractivity contribution < 1.29 is 22.7 Å². The van der Waals surface area contributed by atoms with Crippen LogP contribution in [0.2, 0.25) is 0 Å². The second-order valence-corrected chi connectivity index (χ2v) is 7.81. The predicted molar refractivity (Wildman–Crippen MR) is 95.3 cm³/mol. The average molecular weight is 377 g/mol. The number of aromatic nitrogens is 1. The van der Waals surface area contributed by atoms with Gasteiger partial charge >= 0.3 is 0 Å². The van der Waals surface area contributed by atoms with Gasteiger partial charge in [-0.15, -0.1) is 0 Å². The Kier molecular flexibility index (Phi) is 5.38. The highest BCUT2D eigenvalue weighted by Crippen LogP contribution is 2.34. The van der Waals surface area contributed by atoms with Crippen LogP contribution in [0.3, 0.4) is 0 Å². The Bertz CT molecular complexity index is 887. The summed E-state index contributed by atoms with van der Waals surface area (Å²) in [4.78, 5) is 16.2. The minimum absolute atomic E-state index is 0.0295. The molecule has 0 saturated heterocycles. The van der Waals surface area contributed by atoms with Gasteiger partial charge in [0, 0.05) is 43.7 Å². The minimum Gasteiger partial charge on any atom is -0.454 e. The molecule has 2 heterocycles. The van der Waals surface area contributed by atoms with Crippen LogP contribution < -0.4 is 14.8 Å². The molecule has 0 saturated carbocycles. The molecule has 0 bridgehead atoms. The van der Waals surface area contributed by atoms with Crippen LogP contribution in [0.1, 0.15) is 12.0 Å². The number of rotatable bonds is 7. The molecular weight excluding hydrogens is 358 g/mol. The first kappa shape index (κ1) is 18.2. The molecule has 8 nitrogen and oxygen atoms in total. The first-order chi connectivity index (χ1) is 12.4. The van der Waals surface area contributed by atoms with Gasteiger partial charge in [-0.2, -0.15) is 4.31 Å². The topological polar surface area (TPSA) is 97.8 Å². The van der Waals surface area contributed by atoms with Crippen LogP contribution in [0.15, 0.2) is 42.7 Å². The normalized spacial score (nSPS) is 13.0. The number of carbonyl (C=O) groups excluding carboxylic acids is 1. The molecule has 0 radical (unpaired) electrons. The summed E-state index contributed by atoms with van der Waals surface area (Å²) < 4.78 is 35.7. The van der Waals surface area contributed by atoms with Crippen LogP contribution in [0, 0.1) is 0 Å². The number of pyridine rings is 1. The van der Waals surface area contributed by atoms with Crippen molar-refractivity contribution in [3.8, 4) is 11.5 Å². The van der Waals surface area contributed by atoms with E-state index in [1.165, 1.54) is 4.31 Å². The summed E-state index contributed by atoms with van der Waals surface area (Å²) >= 11 is 0. The summed E-state index contributed by atoms with van der Waals surface area (Å²) in [6.45, 7) is 0.401. The first-order valence-electron chi connectivity index (χ1n) is 7.95. The van der Waals surface area contributed by atoms with E-state index in [0.29, 0.717) is 17.2 Å². The van der Waals surface area contributed by atoms with Crippen molar-refractivity contribution in [1.82, 2.24) is 9.29 Å². The fraction of sp³-hybridized carbons (Fsp3) is 0.294. The van der Waals surface area contributed by atoms with Gasteiger partial charge in [0.05, 0.1) is 6.26 Å². The molecule has 0 aliphatic carbocycles. The number of nitrogens with one attached hydrogen (secondary N) is 1. The molecule has 9 heteroatoms. The maximum absolute atomic E-state index is 12.2. The van der Waals surface area contributed by atoms with Crippen LogP contribution in [0.25, 0.3) is 0 Å². The summed E-state index contributed by atoms with van der Waals surface area (Å²) in [5.41, 5.74) is 1.33. The molecule has 1 aliphatic heterocycles. The van der Waals surface area contributed by atoms with Crippen molar-refractivity contribution in [2.75, 3.05) is 24.9 Å². The Morgan fingerprint density at radius 2 is 2.08 bits per heavy atom. The van der Waals surface area contributed by atoms with Crippen molar-refractivity contribution in [1.29, 1.82) is 0 Å². The van der Waals surface area contributed by atoms with Crippen molar-refractivity contribution in [2.24, 2.45) is 0 Å². The summed E-state index contributed by atoms with van der Waals surface area (Å²) in [6, 6.07) is 8.61. The van der Waals surface area contributed by atoms with Gasteiger partial charge in [-0.05, 0) is 23.8 Å². The van der Waals surface area contributed by atoms with Crippen molar-refractivity contribution in [3.05, 3.63) is 48.3 Å². The molecule has 3 rings (SSSR count). The lowest BCUT2D eigenvalue weighted by atomic mass is 10.2. The van der Waals surface area contributed by atoms with E-state index in [1.54, 1.807) is 42.7 Å². The third kappa shape index (κ3) is 4.70. The van der Waals surface area contributed by atoms with Crippen LogP contribution in [-0.2, 0) is 21.4 Å². The zero-order valence-electron chi connectivity index (χ0n) is 14.2. The van der Waals surface area contributed by atoms with E-state index in [9.17, 15) is 13.2 Å². The summed E-state index contributed by atoms with van der Waals surface area (Å²) in [6.07, 6.45) is 4.37. The lowest BCUT2D eigenvalue weighted by Gasteiger charge is -2.19. The molecule has 2 aromatic rings. The molecule has 0 fully saturated rings. The maximum atomic E-state index is 12.2. The SMILES string of the molecule is CS(=O)(=O)N(CCC(=O)Nc1ccc2c(c1)OCO2)Cc1cccnc1. The van der Waals surface area contributed by atoms with E-state index in [0.717, 1.165) is 11.8 Å². The Balaban J connectivity index is 1.59. The maximum Gasteiger partial charge on any atom is 0.231 e. The molecule has 1 amide bonds. The largest absolute Gasteiger partial charge is 0.454 e. The van der Waals surface area contributed by atoms with Gasteiger partial charge in [0.25, 0.3) is 0 Å². The van der Waals surface area contributed by atoms with Gasteiger partial charge < -0.3 is 14.8 Å². The standard InChI is InChI=1S/C17H19N3O5S/c1-26(22,23)20(11-13-3-2-7-18-10-13)8-6-17(21)19-14-4-5-15-16(9-14)25-12-24-15/h2-5,7,9-10H,6,8,11-12H2,1H3,(H,19,21). The second-order valence-electron chi connectivity index (χ2n) is 5.82. The van der Waals surface area contributed by atoms with E-state index < -0.39 is 10.0 Å². The zero-order chi connectivity index (χ0) is 18.6. The highest BCUT2D eigenvalue weighted by Gasteiger charge is 2.19. The van der Waals surface area contributed by atoms with E-state index in [2.05, 4.69) is 10.3 Å². The monoisotopic (exact) mass is 377 g/mol. The molecule has 1 aromatic heterocycles. The Hall–Kier alpha value is -2.65. The quantitative estimate of drug-likeness (QED) is 0.787. The molecule has 0 spiro atoms. The van der Waals surface area contributed by atoms with E-state index >= 15 is 0 Å². The number of amides is 1. The average Bonchev–Trinajstić information content (AvgIpc) is 3.06. The fourth-order valence-electron chi connectivity index (χ4n) is 2.48. The first-order valence-corrected chi connectivity index (χ1v) is 9.80. The summed E-state index contributed by atoms with van der Waals surface area (Å²) in [5.74, 6) is 0.906. The molecule has 26 heavy (non-hydrogen) atoms. The highest BCUT2D eigenvalue weighted by atomic mass is 32.2. The second kappa shape index (κ2) is 7.71. The van der Waals surface area contributed by atoms with Gasteiger partial charge in [0.1, 0.15) is 0 Å². The number of fused-ring (bicyclic) bond motifs is 1. The Morgan fingerprint density at radius 3 is 2.81 bits per heavy atom. The zero-order valence-corrected chi connectivity index (χ0v) is 15.0. The lowest BCUT2D eigenvalue weighted by molar-refractivity contribution is -0.116. The fourth-order valence-corrected chi connectivity index (χ4v) is 3.29. The minimum atomic E-state index is -3.45. The van der Waals surface area contributed by atoms with Crippen LogP contribution in [-0.4, -0.2) is 43.2 Å². The number of hydrogen-bond donors (Lipinski definition) is 1. The Morgan fingerprint density at radius 1 is 1.27 bits per heavy atom. The lowest BCUT2D eigenvalue weighted by Crippen LogP contribution is -2.32. The summed E-state index contributed by atoms with van der Waals surface area (Å²) in [7, 11) is -3.45. The Labute approximate surface area is 151 Å². The molecule has 0 atom stereocenters. The number of ether oxygens (including phenoxy) is 2. The van der Waals surface area contributed by atoms with Gasteiger partial charge in [0.2, 0.25) is 22.7 Å². The van der Waals surface area contributed by atoms with Gasteiger partial charge in [-0.3, -0.25) is 9.78 Å². The molecule has 138 valence electrons. The number of hydrogen-bond acceptors (Lipinski definition) is 6. The smallest absolute Gasteiger partial charge is 0.231 e.